The molecule has 0 bridgehead atoms. The molecule has 1 rings (SSSR count). The molecule has 0 aliphatic carbocycles. The van der Waals surface area contributed by atoms with Gasteiger partial charge in [-0.2, -0.15) is 0 Å². The average molecular weight is 259 g/mol. The lowest BCUT2D eigenvalue weighted by Crippen LogP contribution is -1.85. The number of rotatable bonds is 2. The van der Waals surface area contributed by atoms with Crippen LogP contribution in [0.2, 0.25) is 0 Å². The number of hydrogen-bond donors (Lipinski definition) is 3. The highest BCUT2D eigenvalue weighted by atomic mass is 79.9. The first-order valence-corrected chi connectivity index (χ1v) is 4.42. The Morgan fingerprint density at radius 1 is 1.36 bits per heavy atom. The van der Waals surface area contributed by atoms with Crippen LogP contribution in [-0.2, 0) is 4.79 Å². The first-order valence-electron chi connectivity index (χ1n) is 3.63. The van der Waals surface area contributed by atoms with Crippen molar-refractivity contribution < 1.29 is 20.1 Å². The number of aliphatic carboxylic acids is 1. The lowest BCUT2D eigenvalue weighted by Gasteiger charge is -2.01. The van der Waals surface area contributed by atoms with Crippen LogP contribution in [-0.4, -0.2) is 21.3 Å². The molecule has 0 unspecified atom stereocenters. The molecule has 0 aromatic heterocycles. The second-order valence-corrected chi connectivity index (χ2v) is 3.40. The van der Waals surface area contributed by atoms with Crippen LogP contribution >= 0.6 is 15.9 Å². The van der Waals surface area contributed by atoms with Gasteiger partial charge in [0.1, 0.15) is 0 Å². The molecule has 0 spiro atoms. The van der Waals surface area contributed by atoms with Crippen LogP contribution in [0.15, 0.2) is 22.7 Å². The molecule has 0 fully saturated rings. The Hall–Kier alpha value is -1.49. The van der Waals surface area contributed by atoms with E-state index in [0.29, 0.717) is 10.0 Å². The molecule has 0 aliphatic rings. The number of benzene rings is 1. The van der Waals surface area contributed by atoms with Gasteiger partial charge in [-0.05, 0) is 39.7 Å². The molecule has 0 saturated heterocycles. The largest absolute Gasteiger partial charge is 0.504 e. The van der Waals surface area contributed by atoms with Gasteiger partial charge in [0.15, 0.2) is 11.5 Å². The SMILES string of the molecule is O=C(O)/C=C/c1cc(O)c(O)c(Br)c1. The van der Waals surface area contributed by atoms with E-state index in [1.54, 1.807) is 0 Å². The summed E-state index contributed by atoms with van der Waals surface area (Å²) in [5, 5.41) is 26.7. The maximum atomic E-state index is 10.2. The second kappa shape index (κ2) is 4.15. The fourth-order valence-electron chi connectivity index (χ4n) is 0.869. The highest BCUT2D eigenvalue weighted by Gasteiger charge is 2.05. The number of carboxylic acids is 1. The zero-order valence-electron chi connectivity index (χ0n) is 6.94. The van der Waals surface area contributed by atoms with E-state index in [1.165, 1.54) is 18.2 Å². The molecule has 3 N–H and O–H groups in total. The third-order valence-corrected chi connectivity index (χ3v) is 2.09. The van der Waals surface area contributed by atoms with Crippen LogP contribution in [0.5, 0.6) is 11.5 Å². The van der Waals surface area contributed by atoms with Gasteiger partial charge in [-0.25, -0.2) is 4.79 Å². The molecule has 4 nitrogen and oxygen atoms in total. The number of phenolic OH excluding ortho intramolecular Hbond substituents is 2. The number of phenols is 2. The molecule has 0 saturated carbocycles. The van der Waals surface area contributed by atoms with Crippen LogP contribution in [0.1, 0.15) is 5.56 Å². The summed E-state index contributed by atoms with van der Waals surface area (Å²) >= 11 is 3.01. The van der Waals surface area contributed by atoms with Crippen molar-refractivity contribution in [1.82, 2.24) is 0 Å². The van der Waals surface area contributed by atoms with Crippen molar-refractivity contribution in [2.75, 3.05) is 0 Å². The molecular weight excluding hydrogens is 252 g/mol. The Labute approximate surface area is 88.2 Å². The van der Waals surface area contributed by atoms with E-state index in [4.69, 9.17) is 5.11 Å². The number of carbonyl (C=O) groups is 1. The maximum Gasteiger partial charge on any atom is 0.328 e. The van der Waals surface area contributed by atoms with Crippen molar-refractivity contribution in [2.45, 2.75) is 0 Å². The molecule has 0 amide bonds. The van der Waals surface area contributed by atoms with E-state index in [2.05, 4.69) is 15.9 Å². The summed E-state index contributed by atoms with van der Waals surface area (Å²) in [5.74, 6) is -1.64. The topological polar surface area (TPSA) is 77.8 Å². The van der Waals surface area contributed by atoms with Crippen LogP contribution in [0, 0.1) is 0 Å². The van der Waals surface area contributed by atoms with E-state index in [9.17, 15) is 15.0 Å². The van der Waals surface area contributed by atoms with Gasteiger partial charge >= 0.3 is 5.97 Å². The first kappa shape index (κ1) is 10.6. The Morgan fingerprint density at radius 2 is 2.00 bits per heavy atom. The van der Waals surface area contributed by atoms with Crippen molar-refractivity contribution in [2.24, 2.45) is 0 Å². The van der Waals surface area contributed by atoms with Gasteiger partial charge in [0.25, 0.3) is 0 Å². The minimum atomic E-state index is -1.08. The Kier molecular flexibility index (Phi) is 3.14. The molecule has 14 heavy (non-hydrogen) atoms. The van der Waals surface area contributed by atoms with Gasteiger partial charge in [0.2, 0.25) is 0 Å². The third-order valence-electron chi connectivity index (χ3n) is 1.48. The van der Waals surface area contributed by atoms with E-state index in [1.807, 2.05) is 0 Å². The Balaban J connectivity index is 3.07. The molecule has 1 aromatic rings. The Bertz CT molecular complexity index is 375. The smallest absolute Gasteiger partial charge is 0.328 e. The van der Waals surface area contributed by atoms with Crippen LogP contribution in [0.3, 0.4) is 0 Å². The molecule has 0 aliphatic heterocycles. The normalized spacial score (nSPS) is 10.6. The fourth-order valence-corrected chi connectivity index (χ4v) is 1.34. The predicted molar refractivity (Wildman–Crippen MR) is 54.1 cm³/mol. The van der Waals surface area contributed by atoms with Crippen LogP contribution in [0.4, 0.5) is 0 Å². The number of halogens is 1. The van der Waals surface area contributed by atoms with Crippen molar-refractivity contribution in [1.29, 1.82) is 0 Å². The number of hydrogen-bond acceptors (Lipinski definition) is 3. The van der Waals surface area contributed by atoms with Gasteiger partial charge in [-0.3, -0.25) is 0 Å². The highest BCUT2D eigenvalue weighted by Crippen LogP contribution is 2.34. The summed E-state index contributed by atoms with van der Waals surface area (Å²) in [6.07, 6.45) is 2.25. The second-order valence-electron chi connectivity index (χ2n) is 2.54. The summed E-state index contributed by atoms with van der Waals surface area (Å²) < 4.78 is 0.308. The minimum absolute atomic E-state index is 0.266. The van der Waals surface area contributed by atoms with Crippen molar-refractivity contribution in [3.05, 3.63) is 28.2 Å². The van der Waals surface area contributed by atoms with E-state index in [0.717, 1.165) is 6.08 Å². The van der Waals surface area contributed by atoms with E-state index >= 15 is 0 Å². The summed E-state index contributed by atoms with van der Waals surface area (Å²) in [4.78, 5) is 10.2. The van der Waals surface area contributed by atoms with Gasteiger partial charge in [-0.15, -0.1) is 0 Å². The summed E-state index contributed by atoms with van der Waals surface area (Å²) in [6.45, 7) is 0. The fraction of sp³-hybridized carbons (Fsp3) is 0. The molecule has 0 atom stereocenters. The van der Waals surface area contributed by atoms with Gasteiger partial charge < -0.3 is 15.3 Å². The van der Waals surface area contributed by atoms with Gasteiger partial charge in [0.05, 0.1) is 4.47 Å². The molecule has 0 radical (unpaired) electrons. The Morgan fingerprint density at radius 3 is 2.50 bits per heavy atom. The van der Waals surface area contributed by atoms with Crippen molar-refractivity contribution >= 4 is 28.0 Å². The van der Waals surface area contributed by atoms with E-state index in [-0.39, 0.29) is 11.5 Å². The summed E-state index contributed by atoms with van der Waals surface area (Å²) in [7, 11) is 0. The molecule has 1 aromatic carbocycles. The standard InChI is InChI=1S/C9H7BrO4/c10-6-3-5(1-2-8(12)13)4-7(11)9(6)14/h1-4,11,14H,(H,12,13)/b2-1+. The highest BCUT2D eigenvalue weighted by molar-refractivity contribution is 9.10. The average Bonchev–Trinajstić information content (AvgIpc) is 2.10. The number of aromatic hydroxyl groups is 2. The first-order chi connectivity index (χ1) is 6.50. The minimum Gasteiger partial charge on any atom is -0.504 e. The third kappa shape index (κ3) is 2.50. The molecule has 74 valence electrons. The zero-order valence-corrected chi connectivity index (χ0v) is 8.52. The van der Waals surface area contributed by atoms with Crippen molar-refractivity contribution in [3.8, 4) is 11.5 Å². The quantitative estimate of drug-likeness (QED) is 0.560. The summed E-state index contributed by atoms with van der Waals surface area (Å²) in [5.41, 5.74) is 0.481. The van der Waals surface area contributed by atoms with E-state index < -0.39 is 5.97 Å². The van der Waals surface area contributed by atoms with Gasteiger partial charge in [-0.1, -0.05) is 0 Å². The lowest BCUT2D eigenvalue weighted by molar-refractivity contribution is -0.131. The van der Waals surface area contributed by atoms with Crippen molar-refractivity contribution in [3.63, 3.8) is 0 Å². The molecule has 0 heterocycles. The number of carboxylic acid groups (broad SMARTS) is 1. The maximum absolute atomic E-state index is 10.2. The van der Waals surface area contributed by atoms with Crippen LogP contribution in [0.25, 0.3) is 6.08 Å². The monoisotopic (exact) mass is 258 g/mol. The lowest BCUT2D eigenvalue weighted by atomic mass is 10.2. The molecular formula is C9H7BrO4. The summed E-state index contributed by atoms with van der Waals surface area (Å²) in [6, 6.07) is 2.76. The van der Waals surface area contributed by atoms with Gasteiger partial charge in [0, 0.05) is 6.08 Å². The zero-order chi connectivity index (χ0) is 10.7. The predicted octanol–water partition coefficient (Wildman–Crippen LogP) is 1.96. The van der Waals surface area contributed by atoms with Crippen LogP contribution < -0.4 is 0 Å². The molecule has 5 heteroatoms.